The summed E-state index contributed by atoms with van der Waals surface area (Å²) in [6.07, 6.45) is 17.5. The molecule has 0 atom stereocenters. The lowest BCUT2D eigenvalue weighted by Gasteiger charge is -2.10. The van der Waals surface area contributed by atoms with Gasteiger partial charge in [0, 0.05) is 17.9 Å². The van der Waals surface area contributed by atoms with Crippen LogP contribution in [0.25, 0.3) is 48.6 Å². The first-order valence-electron chi connectivity index (χ1n) is 13.3. The summed E-state index contributed by atoms with van der Waals surface area (Å²) < 4.78 is 4.28. The largest absolute Gasteiger partial charge is 0.0544 e. The van der Waals surface area contributed by atoms with Crippen LogP contribution < -0.4 is 0 Å². The molecule has 0 nitrogen and oxygen atoms in total. The van der Waals surface area contributed by atoms with Gasteiger partial charge in [0.15, 0.2) is 0 Å². The van der Waals surface area contributed by atoms with Crippen LogP contribution in [0.1, 0.15) is 44.5 Å². The van der Waals surface area contributed by atoms with Gasteiger partial charge in [0.05, 0.1) is 0 Å². The summed E-state index contributed by atoms with van der Waals surface area (Å²) in [7, 11) is 0. The Hall–Kier alpha value is -3.02. The summed E-state index contributed by atoms with van der Waals surface area (Å²) in [5, 5.41) is 0. The summed E-state index contributed by atoms with van der Waals surface area (Å²) in [5.41, 5.74) is 9.15. The Morgan fingerprint density at radius 2 is 0.452 bits per heavy atom. The Bertz CT molecular complexity index is 1490. The van der Waals surface area contributed by atoms with Gasteiger partial charge in [-0.2, -0.15) is 0 Å². The van der Waals surface area contributed by atoms with Crippen LogP contribution in [0.3, 0.4) is 0 Å². The van der Waals surface area contributed by atoms with E-state index in [0.717, 1.165) is 62.4 Å². The molecule has 0 bridgehead atoms. The van der Waals surface area contributed by atoms with Crippen LogP contribution in [0.2, 0.25) is 0 Å². The highest BCUT2D eigenvalue weighted by molar-refractivity contribution is 9.11. The molecule has 0 saturated heterocycles. The molecule has 0 aliphatic rings. The van der Waals surface area contributed by atoms with Gasteiger partial charge in [0.2, 0.25) is 0 Å². The summed E-state index contributed by atoms with van der Waals surface area (Å²) >= 11 is 14.2. The Labute approximate surface area is 281 Å². The number of hydrogen-bond donors (Lipinski definition) is 0. The number of halogens is 4. The van der Waals surface area contributed by atoms with Gasteiger partial charge in [-0.1, -0.05) is 161 Å². The van der Waals surface area contributed by atoms with Crippen LogP contribution in [0.4, 0.5) is 0 Å². The van der Waals surface area contributed by atoms with E-state index in [0.29, 0.717) is 0 Å². The van der Waals surface area contributed by atoms with Crippen LogP contribution in [0, 0.1) is 0 Å². The smallest absolute Gasteiger partial charge is 0.0175 e. The van der Waals surface area contributed by atoms with Crippen molar-refractivity contribution in [1.29, 1.82) is 0 Å². The van der Waals surface area contributed by atoms with E-state index < -0.39 is 0 Å². The van der Waals surface area contributed by atoms with Crippen LogP contribution >= 0.6 is 63.7 Å². The van der Waals surface area contributed by atoms with E-state index in [2.05, 4.69) is 222 Å². The highest BCUT2D eigenvalue weighted by Crippen LogP contribution is 2.27. The second kappa shape index (κ2) is 14.9. The van der Waals surface area contributed by atoms with Crippen molar-refractivity contribution in [1.82, 2.24) is 0 Å². The molecule has 0 radical (unpaired) electrons. The molecule has 206 valence electrons. The molecule has 5 aromatic rings. The molecule has 0 aromatic heterocycles. The molecule has 0 saturated carbocycles. The fraction of sp³-hybridized carbons (Fsp3) is 0. The van der Waals surface area contributed by atoms with Gasteiger partial charge in [-0.05, 0) is 105 Å². The summed E-state index contributed by atoms with van der Waals surface area (Å²) in [5.74, 6) is 0. The number of rotatable bonds is 8. The molecule has 0 unspecified atom stereocenters. The highest BCUT2D eigenvalue weighted by atomic mass is 79.9. The first-order chi connectivity index (χ1) is 20.4. The molecule has 0 fully saturated rings. The summed E-state index contributed by atoms with van der Waals surface area (Å²) in [4.78, 5) is 0. The zero-order valence-corrected chi connectivity index (χ0v) is 28.9. The molecule has 0 amide bonds. The fourth-order valence-corrected chi connectivity index (χ4v) is 5.34. The predicted molar refractivity (Wildman–Crippen MR) is 199 cm³/mol. The van der Waals surface area contributed by atoms with Crippen LogP contribution in [-0.2, 0) is 0 Å². The molecule has 0 heterocycles. The van der Waals surface area contributed by atoms with Gasteiger partial charge >= 0.3 is 0 Å². The minimum absolute atomic E-state index is 1.07. The minimum Gasteiger partial charge on any atom is -0.0544 e. The van der Waals surface area contributed by atoms with Crippen LogP contribution in [0.5, 0.6) is 0 Å². The number of hydrogen-bond acceptors (Lipinski definition) is 0. The lowest BCUT2D eigenvalue weighted by Crippen LogP contribution is -1.89. The van der Waals surface area contributed by atoms with Crippen molar-refractivity contribution in [3.8, 4) is 0 Å². The van der Waals surface area contributed by atoms with Crippen molar-refractivity contribution in [3.63, 3.8) is 0 Å². The predicted octanol–water partition coefficient (Wildman–Crippen LogP) is 13.4. The maximum atomic E-state index is 3.54. The Balaban J connectivity index is 1.60. The van der Waals surface area contributed by atoms with Gasteiger partial charge in [0.1, 0.15) is 0 Å². The molecule has 4 heteroatoms. The quantitative estimate of drug-likeness (QED) is 0.137. The Kier molecular flexibility index (Phi) is 10.8. The maximum Gasteiger partial charge on any atom is 0.0175 e. The SMILES string of the molecule is Brc1ccc(/C=C/c2cc(/C=C/c3ccc(Br)cc3)c(/C=C/c3ccc(Br)cc3)cc2/C=C/c2ccc(Br)cc2)cc1. The molecule has 5 aromatic carbocycles. The van der Waals surface area contributed by atoms with E-state index in [9.17, 15) is 0 Å². The van der Waals surface area contributed by atoms with Crippen molar-refractivity contribution in [3.05, 3.63) is 172 Å². The van der Waals surface area contributed by atoms with E-state index >= 15 is 0 Å². The van der Waals surface area contributed by atoms with Crippen molar-refractivity contribution in [2.75, 3.05) is 0 Å². The second-order valence-electron chi connectivity index (χ2n) is 9.65. The van der Waals surface area contributed by atoms with E-state index in [4.69, 9.17) is 0 Å². The summed E-state index contributed by atoms with van der Waals surface area (Å²) in [6.45, 7) is 0. The van der Waals surface area contributed by atoms with Gasteiger partial charge in [-0.3, -0.25) is 0 Å². The van der Waals surface area contributed by atoms with E-state index in [-0.39, 0.29) is 0 Å². The van der Waals surface area contributed by atoms with Gasteiger partial charge in [-0.15, -0.1) is 0 Å². The zero-order valence-electron chi connectivity index (χ0n) is 22.5. The van der Waals surface area contributed by atoms with Gasteiger partial charge in [-0.25, -0.2) is 0 Å². The van der Waals surface area contributed by atoms with Crippen molar-refractivity contribution in [2.45, 2.75) is 0 Å². The first kappa shape index (κ1) is 30.4. The average molecular weight is 802 g/mol. The Morgan fingerprint density at radius 1 is 0.262 bits per heavy atom. The third-order valence-corrected chi connectivity index (χ3v) is 8.70. The minimum atomic E-state index is 1.07. The third kappa shape index (κ3) is 8.99. The van der Waals surface area contributed by atoms with E-state index in [1.165, 1.54) is 0 Å². The molecular formula is C38H26Br4. The average Bonchev–Trinajstić information content (AvgIpc) is 3.00. The molecule has 42 heavy (non-hydrogen) atoms. The van der Waals surface area contributed by atoms with E-state index in [1.54, 1.807) is 0 Å². The van der Waals surface area contributed by atoms with E-state index in [1.807, 2.05) is 0 Å². The topological polar surface area (TPSA) is 0 Å². The Morgan fingerprint density at radius 3 is 0.643 bits per heavy atom. The fourth-order valence-electron chi connectivity index (χ4n) is 4.29. The van der Waals surface area contributed by atoms with Gasteiger partial charge < -0.3 is 0 Å². The molecule has 0 aliphatic heterocycles. The lowest BCUT2D eigenvalue weighted by molar-refractivity contribution is 1.54. The van der Waals surface area contributed by atoms with Crippen molar-refractivity contribution >= 4 is 112 Å². The maximum absolute atomic E-state index is 3.54. The lowest BCUT2D eigenvalue weighted by atomic mass is 9.95. The highest BCUT2D eigenvalue weighted by Gasteiger charge is 2.05. The molecule has 0 N–H and O–H groups in total. The van der Waals surface area contributed by atoms with Crippen molar-refractivity contribution in [2.24, 2.45) is 0 Å². The number of benzene rings is 5. The third-order valence-electron chi connectivity index (χ3n) is 6.59. The van der Waals surface area contributed by atoms with Gasteiger partial charge in [0.25, 0.3) is 0 Å². The van der Waals surface area contributed by atoms with Crippen LogP contribution in [0.15, 0.2) is 127 Å². The summed E-state index contributed by atoms with van der Waals surface area (Å²) in [6, 6.07) is 38.0. The zero-order chi connectivity index (χ0) is 29.3. The molecular weight excluding hydrogens is 776 g/mol. The first-order valence-corrected chi connectivity index (χ1v) is 16.5. The van der Waals surface area contributed by atoms with Crippen molar-refractivity contribution < 1.29 is 0 Å². The standard InChI is InChI=1S/C38H26Br4/c39-35-17-5-27(6-18-35)1-13-31-25-33(15-3-29-9-21-37(41)22-10-29)34(16-4-30-11-23-38(42)24-12-30)26-32(31)14-2-28-7-19-36(40)20-8-28/h1-26H/b13-1+,14-2+,15-3+,16-4+. The molecule has 5 rings (SSSR count). The normalized spacial score (nSPS) is 11.9. The monoisotopic (exact) mass is 798 g/mol. The molecule has 0 aliphatic carbocycles. The second-order valence-corrected chi connectivity index (χ2v) is 13.3. The van der Waals surface area contributed by atoms with Crippen LogP contribution in [-0.4, -0.2) is 0 Å². The molecule has 0 spiro atoms.